The van der Waals surface area contributed by atoms with Crippen molar-refractivity contribution in [3.05, 3.63) is 65.5 Å². The normalized spacial score (nSPS) is 15.0. The number of rotatable bonds is 7. The highest BCUT2D eigenvalue weighted by Gasteiger charge is 2.32. The lowest BCUT2D eigenvalue weighted by atomic mass is 9.98. The molecule has 0 bridgehead atoms. The van der Waals surface area contributed by atoms with Crippen LogP contribution in [-0.4, -0.2) is 52.7 Å². The summed E-state index contributed by atoms with van der Waals surface area (Å²) in [6.45, 7) is 4.28. The van der Waals surface area contributed by atoms with E-state index < -0.39 is 17.8 Å². The molecule has 190 valence electrons. The number of hydrogen-bond donors (Lipinski definition) is 2. The predicted molar refractivity (Wildman–Crippen MR) is 130 cm³/mol. The minimum Gasteiger partial charge on any atom is -0.492 e. The Hall–Kier alpha value is -3.66. The summed E-state index contributed by atoms with van der Waals surface area (Å²) in [5.74, 6) is -0.594. The van der Waals surface area contributed by atoms with Crippen LogP contribution in [0.5, 0.6) is 5.75 Å². The highest BCUT2D eigenvalue weighted by molar-refractivity contribution is 5.93. The maximum absolute atomic E-state index is 13.0. The molecule has 0 spiro atoms. The number of halogens is 3. The van der Waals surface area contributed by atoms with E-state index >= 15 is 0 Å². The Labute approximate surface area is 207 Å². The summed E-state index contributed by atoms with van der Waals surface area (Å²) in [6, 6.07) is 11.1. The number of nitrogens with one attached hydrogen (secondary N) is 1. The van der Waals surface area contributed by atoms with Crippen LogP contribution in [-0.2, 0) is 6.18 Å². The van der Waals surface area contributed by atoms with E-state index in [-0.39, 0.29) is 11.5 Å². The first-order chi connectivity index (χ1) is 17.1. The van der Waals surface area contributed by atoms with Crippen LogP contribution in [0.3, 0.4) is 0 Å². The number of likely N-dealkylation sites (tertiary alicyclic amines) is 1. The Morgan fingerprint density at radius 3 is 2.58 bits per heavy atom. The average Bonchev–Trinajstić information content (AvgIpc) is 2.83. The van der Waals surface area contributed by atoms with Gasteiger partial charge in [0.1, 0.15) is 17.0 Å². The number of carboxylic acids is 1. The van der Waals surface area contributed by atoms with Gasteiger partial charge in [-0.05, 0) is 92.8 Å². The molecule has 10 heteroatoms. The van der Waals surface area contributed by atoms with E-state index in [4.69, 9.17) is 4.74 Å². The average molecular weight is 501 g/mol. The van der Waals surface area contributed by atoms with Crippen molar-refractivity contribution in [3.63, 3.8) is 0 Å². The van der Waals surface area contributed by atoms with Crippen LogP contribution >= 0.6 is 0 Å². The van der Waals surface area contributed by atoms with Gasteiger partial charge < -0.3 is 20.1 Å². The number of piperidine rings is 1. The van der Waals surface area contributed by atoms with Gasteiger partial charge in [0.05, 0.1) is 6.61 Å². The maximum Gasteiger partial charge on any atom is 0.433 e. The zero-order valence-corrected chi connectivity index (χ0v) is 20.0. The predicted octanol–water partition coefficient (Wildman–Crippen LogP) is 5.63. The lowest BCUT2D eigenvalue weighted by Gasteiger charge is -2.28. The number of alkyl halides is 3. The molecule has 36 heavy (non-hydrogen) atoms. The molecule has 1 fully saturated rings. The Morgan fingerprint density at radius 2 is 1.89 bits per heavy atom. The lowest BCUT2D eigenvalue weighted by molar-refractivity contribution is -0.141. The van der Waals surface area contributed by atoms with Crippen LogP contribution in [0, 0.1) is 12.8 Å². The molecule has 2 N–H and O–H groups in total. The van der Waals surface area contributed by atoms with Gasteiger partial charge in [-0.1, -0.05) is 12.1 Å². The first kappa shape index (κ1) is 25.4. The fraction of sp³-hybridized carbons (Fsp3) is 0.346. The van der Waals surface area contributed by atoms with Crippen molar-refractivity contribution in [1.29, 1.82) is 0 Å². The molecule has 2 heterocycles. The molecule has 1 saturated heterocycles. The van der Waals surface area contributed by atoms with E-state index in [9.17, 15) is 23.1 Å². The summed E-state index contributed by atoms with van der Waals surface area (Å²) in [5.41, 5.74) is 1.63. The number of nitrogens with zero attached hydrogens (tertiary/aromatic N) is 3. The highest BCUT2D eigenvalue weighted by Crippen LogP contribution is 2.32. The molecule has 3 aromatic rings. The minimum atomic E-state index is -4.58. The first-order valence-electron chi connectivity index (χ1n) is 11.6. The van der Waals surface area contributed by atoms with Crippen molar-refractivity contribution < 1.29 is 27.8 Å². The molecule has 0 aliphatic carbocycles. The fourth-order valence-electron chi connectivity index (χ4n) is 4.17. The maximum atomic E-state index is 13.0. The van der Waals surface area contributed by atoms with Crippen molar-refractivity contribution in [2.75, 3.05) is 32.1 Å². The Bertz CT molecular complexity index is 1240. The molecule has 0 radical (unpaired) electrons. The quantitative estimate of drug-likeness (QED) is 0.435. The van der Waals surface area contributed by atoms with Gasteiger partial charge in [-0.25, -0.2) is 14.8 Å². The number of aryl methyl sites for hydroxylation is 1. The molecular weight excluding hydrogens is 473 g/mol. The zero-order valence-electron chi connectivity index (χ0n) is 20.0. The van der Waals surface area contributed by atoms with Crippen LogP contribution in [0.15, 0.2) is 48.7 Å². The summed E-state index contributed by atoms with van der Waals surface area (Å²) in [5, 5.41) is 12.6. The third-order valence-corrected chi connectivity index (χ3v) is 6.14. The number of aromatic carboxylic acids is 1. The van der Waals surface area contributed by atoms with Gasteiger partial charge in [-0.3, -0.25) is 0 Å². The Morgan fingerprint density at radius 1 is 1.14 bits per heavy atom. The molecule has 2 aromatic carbocycles. The molecule has 7 nitrogen and oxygen atoms in total. The fourth-order valence-corrected chi connectivity index (χ4v) is 4.17. The van der Waals surface area contributed by atoms with Crippen molar-refractivity contribution in [1.82, 2.24) is 14.9 Å². The van der Waals surface area contributed by atoms with Gasteiger partial charge >= 0.3 is 12.1 Å². The molecule has 0 amide bonds. The van der Waals surface area contributed by atoms with E-state index in [1.165, 1.54) is 0 Å². The number of carbonyl (C=O) groups is 1. The molecule has 1 aliphatic heterocycles. The monoisotopic (exact) mass is 500 g/mol. The first-order valence-corrected chi connectivity index (χ1v) is 11.6. The molecule has 0 atom stereocenters. The summed E-state index contributed by atoms with van der Waals surface area (Å²) in [7, 11) is 2.08. The van der Waals surface area contributed by atoms with Gasteiger partial charge in [0, 0.05) is 11.9 Å². The molecule has 1 aromatic heterocycles. The second kappa shape index (κ2) is 10.5. The van der Waals surface area contributed by atoms with Gasteiger partial charge in [0.25, 0.3) is 0 Å². The van der Waals surface area contributed by atoms with Crippen molar-refractivity contribution in [2.45, 2.75) is 25.9 Å². The minimum absolute atomic E-state index is 0.0534. The number of aromatic nitrogens is 2. The second-order valence-electron chi connectivity index (χ2n) is 9.05. The van der Waals surface area contributed by atoms with Crippen LogP contribution < -0.4 is 10.1 Å². The SMILES string of the molecule is Cc1cc(Nc2nccc(C(F)(F)F)n2)cc(-c2ccc(OCC3CCN(C)CC3)c(C(=O)O)c2)c1. The summed E-state index contributed by atoms with van der Waals surface area (Å²) < 4.78 is 44.9. The standard InChI is InChI=1S/C26H27F3N4O3/c1-16-11-19(13-20(12-16)31-25-30-8-5-23(32-25)26(27,28)29)18-3-4-22(21(14-18)24(34)35)36-15-17-6-9-33(2)10-7-17/h3-5,8,11-14,17H,6-7,9-10,15H2,1-2H3,(H,34,35)(H,30,31,32). The largest absolute Gasteiger partial charge is 0.492 e. The third-order valence-electron chi connectivity index (χ3n) is 6.14. The second-order valence-corrected chi connectivity index (χ2v) is 9.05. The number of carboxylic acid groups (broad SMARTS) is 1. The highest BCUT2D eigenvalue weighted by atomic mass is 19.4. The summed E-state index contributed by atoms with van der Waals surface area (Å²) >= 11 is 0. The molecular formula is C26H27F3N4O3. The van der Waals surface area contributed by atoms with Crippen molar-refractivity contribution >= 4 is 17.6 Å². The lowest BCUT2D eigenvalue weighted by Crippen LogP contribution is -2.32. The molecule has 0 unspecified atom stereocenters. The van der Waals surface area contributed by atoms with Crippen LogP contribution in [0.4, 0.5) is 24.8 Å². The van der Waals surface area contributed by atoms with E-state index in [0.29, 0.717) is 35.1 Å². The van der Waals surface area contributed by atoms with Gasteiger partial charge in [-0.15, -0.1) is 0 Å². The number of benzene rings is 2. The van der Waals surface area contributed by atoms with E-state index in [1.54, 1.807) is 30.3 Å². The van der Waals surface area contributed by atoms with Gasteiger partial charge in [-0.2, -0.15) is 13.2 Å². The number of hydrogen-bond acceptors (Lipinski definition) is 6. The van der Waals surface area contributed by atoms with E-state index in [1.807, 2.05) is 13.0 Å². The van der Waals surface area contributed by atoms with Crippen molar-refractivity contribution in [2.24, 2.45) is 5.92 Å². The topological polar surface area (TPSA) is 87.6 Å². The van der Waals surface area contributed by atoms with Crippen LogP contribution in [0.25, 0.3) is 11.1 Å². The van der Waals surface area contributed by atoms with Crippen LogP contribution in [0.1, 0.15) is 34.5 Å². The molecule has 4 rings (SSSR count). The number of anilines is 2. The zero-order chi connectivity index (χ0) is 25.9. The summed E-state index contributed by atoms with van der Waals surface area (Å²) in [4.78, 5) is 21.7. The van der Waals surface area contributed by atoms with E-state index in [2.05, 4.69) is 27.2 Å². The van der Waals surface area contributed by atoms with Gasteiger partial charge in [0.15, 0.2) is 0 Å². The summed E-state index contributed by atoms with van der Waals surface area (Å²) in [6.07, 6.45) is -1.53. The molecule has 1 aliphatic rings. The van der Waals surface area contributed by atoms with Crippen molar-refractivity contribution in [3.8, 4) is 16.9 Å². The smallest absolute Gasteiger partial charge is 0.433 e. The molecule has 0 saturated carbocycles. The third kappa shape index (κ3) is 6.31. The van der Waals surface area contributed by atoms with Crippen LogP contribution in [0.2, 0.25) is 0 Å². The number of ether oxygens (including phenoxy) is 1. The Balaban J connectivity index is 1.55. The van der Waals surface area contributed by atoms with E-state index in [0.717, 1.165) is 43.8 Å². The van der Waals surface area contributed by atoms with Gasteiger partial charge in [0.2, 0.25) is 5.95 Å². The Kier molecular flexibility index (Phi) is 7.44.